The summed E-state index contributed by atoms with van der Waals surface area (Å²) in [5.74, 6) is -0.212. The molecule has 21 heavy (non-hydrogen) atoms. The molecule has 0 fully saturated rings. The molecule has 2 aromatic rings. The second-order valence-electron chi connectivity index (χ2n) is 4.46. The van der Waals surface area contributed by atoms with Crippen LogP contribution in [0.2, 0.25) is 10.0 Å². The number of hydrogen-bond acceptors (Lipinski definition) is 2. The molecule has 0 saturated carbocycles. The molecule has 2 N–H and O–H groups in total. The van der Waals surface area contributed by atoms with Crippen LogP contribution in [0.15, 0.2) is 60.3 Å². The van der Waals surface area contributed by atoms with Crippen molar-refractivity contribution in [1.82, 2.24) is 0 Å². The van der Waals surface area contributed by atoms with E-state index < -0.39 is 0 Å². The van der Waals surface area contributed by atoms with Crippen LogP contribution in [0.5, 0.6) is 0 Å². The lowest BCUT2D eigenvalue weighted by Gasteiger charge is -2.07. The van der Waals surface area contributed by atoms with E-state index >= 15 is 0 Å². The maximum absolute atomic E-state index is 11.9. The zero-order valence-electron chi connectivity index (χ0n) is 11.4. The number of nitrogens with one attached hydrogen (secondary N) is 2. The first-order valence-corrected chi connectivity index (χ1v) is 7.06. The molecule has 2 rings (SSSR count). The van der Waals surface area contributed by atoms with Crippen molar-refractivity contribution in [2.75, 3.05) is 10.6 Å². The maximum Gasteiger partial charge on any atom is 0.250 e. The molecule has 3 nitrogen and oxygen atoms in total. The van der Waals surface area contributed by atoms with Crippen molar-refractivity contribution in [3.05, 3.63) is 70.3 Å². The van der Waals surface area contributed by atoms with Crippen LogP contribution in [-0.2, 0) is 4.79 Å². The molecular weight excluding hydrogens is 307 g/mol. The number of allylic oxidation sites excluding steroid dienone is 1. The van der Waals surface area contributed by atoms with E-state index in [1.54, 1.807) is 36.4 Å². The number of amides is 1. The summed E-state index contributed by atoms with van der Waals surface area (Å²) in [5.41, 5.74) is 2.29. The highest BCUT2D eigenvalue weighted by molar-refractivity contribution is 6.30. The van der Waals surface area contributed by atoms with Gasteiger partial charge in [0, 0.05) is 33.2 Å². The van der Waals surface area contributed by atoms with Gasteiger partial charge in [0.1, 0.15) is 0 Å². The Labute approximate surface area is 133 Å². The van der Waals surface area contributed by atoms with Crippen LogP contribution >= 0.6 is 23.2 Å². The van der Waals surface area contributed by atoms with Gasteiger partial charge in [0.05, 0.1) is 0 Å². The number of rotatable bonds is 4. The molecule has 0 spiro atoms. The molecule has 0 aliphatic heterocycles. The summed E-state index contributed by atoms with van der Waals surface area (Å²) in [6, 6.07) is 14.2. The van der Waals surface area contributed by atoms with Gasteiger partial charge >= 0.3 is 0 Å². The average Bonchev–Trinajstić information content (AvgIpc) is 2.44. The summed E-state index contributed by atoms with van der Waals surface area (Å²) < 4.78 is 0. The third kappa shape index (κ3) is 5.14. The number of hydrogen-bond donors (Lipinski definition) is 2. The number of anilines is 2. The fourth-order valence-corrected chi connectivity index (χ4v) is 1.96. The topological polar surface area (TPSA) is 41.1 Å². The summed E-state index contributed by atoms with van der Waals surface area (Å²) in [5, 5.41) is 7.17. The molecule has 2 aromatic carbocycles. The Morgan fingerprint density at radius 2 is 1.29 bits per heavy atom. The predicted octanol–water partition coefficient (Wildman–Crippen LogP) is 4.95. The fourth-order valence-electron chi connectivity index (χ4n) is 1.71. The smallest absolute Gasteiger partial charge is 0.250 e. The van der Waals surface area contributed by atoms with E-state index in [1.165, 1.54) is 6.08 Å². The van der Waals surface area contributed by atoms with Gasteiger partial charge in [0.15, 0.2) is 0 Å². The Hall–Kier alpha value is -1.97. The Morgan fingerprint density at radius 1 is 0.857 bits per heavy atom. The summed E-state index contributed by atoms with van der Waals surface area (Å²) in [6.07, 6.45) is 1.49. The Morgan fingerprint density at radius 3 is 1.76 bits per heavy atom. The van der Waals surface area contributed by atoms with Crippen LogP contribution in [0.1, 0.15) is 6.92 Å². The van der Waals surface area contributed by atoms with E-state index in [0.717, 1.165) is 11.4 Å². The van der Waals surface area contributed by atoms with Crippen molar-refractivity contribution in [3.63, 3.8) is 0 Å². The van der Waals surface area contributed by atoms with Gasteiger partial charge in [0.25, 0.3) is 0 Å². The fraction of sp³-hybridized carbons (Fsp3) is 0.0625. The largest absolute Gasteiger partial charge is 0.359 e. The molecule has 5 heteroatoms. The molecule has 0 heterocycles. The Balaban J connectivity index is 1.96. The van der Waals surface area contributed by atoms with Gasteiger partial charge in [-0.15, -0.1) is 0 Å². The number of carbonyl (C=O) groups is 1. The van der Waals surface area contributed by atoms with Crippen molar-refractivity contribution in [3.8, 4) is 0 Å². The third-order valence-corrected chi connectivity index (χ3v) is 3.15. The molecule has 0 radical (unpaired) electrons. The molecule has 0 bridgehead atoms. The average molecular weight is 321 g/mol. The lowest BCUT2D eigenvalue weighted by Crippen LogP contribution is -2.10. The molecule has 0 aliphatic rings. The van der Waals surface area contributed by atoms with Crippen molar-refractivity contribution in [1.29, 1.82) is 0 Å². The van der Waals surface area contributed by atoms with Gasteiger partial charge in [0.2, 0.25) is 5.91 Å². The molecule has 0 saturated heterocycles. The predicted molar refractivity (Wildman–Crippen MR) is 88.9 cm³/mol. The van der Waals surface area contributed by atoms with E-state index in [0.29, 0.717) is 15.7 Å². The first-order chi connectivity index (χ1) is 10.0. The van der Waals surface area contributed by atoms with Crippen LogP contribution in [0.25, 0.3) is 0 Å². The zero-order chi connectivity index (χ0) is 15.2. The molecule has 0 aliphatic carbocycles. The van der Waals surface area contributed by atoms with Gasteiger partial charge in [-0.3, -0.25) is 4.79 Å². The molecule has 1 amide bonds. The monoisotopic (exact) mass is 320 g/mol. The lowest BCUT2D eigenvalue weighted by molar-refractivity contribution is -0.111. The lowest BCUT2D eigenvalue weighted by atomic mass is 10.3. The van der Waals surface area contributed by atoms with Crippen LogP contribution < -0.4 is 10.6 Å². The molecule has 0 unspecified atom stereocenters. The summed E-state index contributed by atoms with van der Waals surface area (Å²) in [6.45, 7) is 1.82. The first-order valence-electron chi connectivity index (χ1n) is 6.30. The molecule has 0 aromatic heterocycles. The summed E-state index contributed by atoms with van der Waals surface area (Å²) >= 11 is 11.6. The minimum Gasteiger partial charge on any atom is -0.359 e. The highest BCUT2D eigenvalue weighted by atomic mass is 35.5. The van der Waals surface area contributed by atoms with Gasteiger partial charge in [-0.1, -0.05) is 23.2 Å². The van der Waals surface area contributed by atoms with Gasteiger partial charge < -0.3 is 10.6 Å². The number of carbonyl (C=O) groups excluding carboxylic acids is 1. The van der Waals surface area contributed by atoms with E-state index in [1.807, 2.05) is 19.1 Å². The second kappa shape index (κ2) is 7.16. The summed E-state index contributed by atoms with van der Waals surface area (Å²) in [7, 11) is 0. The standard InChI is InChI=1S/C16H14Cl2N2O/c1-11(19-14-6-2-12(17)3-7-14)10-16(21)20-15-8-4-13(18)5-9-15/h2-10,19H,1H3,(H,20,21)/b11-10-. The van der Waals surface area contributed by atoms with Crippen molar-refractivity contribution < 1.29 is 4.79 Å². The molecule has 0 atom stereocenters. The first kappa shape index (κ1) is 15.4. The molecular formula is C16H14Cl2N2O. The Bertz CT molecular complexity index is 649. The minimum absolute atomic E-state index is 0.212. The normalized spacial score (nSPS) is 11.1. The van der Waals surface area contributed by atoms with E-state index in [4.69, 9.17) is 23.2 Å². The van der Waals surface area contributed by atoms with Crippen LogP contribution in [-0.4, -0.2) is 5.91 Å². The van der Waals surface area contributed by atoms with Crippen molar-refractivity contribution >= 4 is 40.5 Å². The Kier molecular flexibility index (Phi) is 5.26. The van der Waals surface area contributed by atoms with Gasteiger partial charge in [-0.2, -0.15) is 0 Å². The number of benzene rings is 2. The summed E-state index contributed by atoms with van der Waals surface area (Å²) in [4.78, 5) is 11.9. The highest BCUT2D eigenvalue weighted by Crippen LogP contribution is 2.16. The van der Waals surface area contributed by atoms with Crippen LogP contribution in [0.3, 0.4) is 0 Å². The second-order valence-corrected chi connectivity index (χ2v) is 5.33. The van der Waals surface area contributed by atoms with Crippen LogP contribution in [0, 0.1) is 0 Å². The van der Waals surface area contributed by atoms with Gasteiger partial charge in [-0.25, -0.2) is 0 Å². The molecule has 108 valence electrons. The maximum atomic E-state index is 11.9. The van der Waals surface area contributed by atoms with Crippen LogP contribution in [0.4, 0.5) is 11.4 Å². The van der Waals surface area contributed by atoms with E-state index in [-0.39, 0.29) is 5.91 Å². The van der Waals surface area contributed by atoms with Crippen molar-refractivity contribution in [2.45, 2.75) is 6.92 Å². The highest BCUT2D eigenvalue weighted by Gasteiger charge is 2.00. The van der Waals surface area contributed by atoms with Gasteiger partial charge in [-0.05, 0) is 55.5 Å². The SMILES string of the molecule is C/C(=C/C(=O)Nc1ccc(Cl)cc1)Nc1ccc(Cl)cc1. The van der Waals surface area contributed by atoms with E-state index in [9.17, 15) is 4.79 Å². The number of halogens is 2. The van der Waals surface area contributed by atoms with E-state index in [2.05, 4.69) is 10.6 Å². The van der Waals surface area contributed by atoms with Crippen molar-refractivity contribution in [2.24, 2.45) is 0 Å². The quantitative estimate of drug-likeness (QED) is 0.783. The zero-order valence-corrected chi connectivity index (χ0v) is 12.9. The third-order valence-electron chi connectivity index (χ3n) is 2.65. The minimum atomic E-state index is -0.212.